The number of rotatable bonds is 14. The predicted molar refractivity (Wildman–Crippen MR) is 112 cm³/mol. The lowest BCUT2D eigenvalue weighted by Gasteiger charge is -2.36. The molecule has 0 amide bonds. The van der Waals surface area contributed by atoms with Crippen molar-refractivity contribution < 1.29 is 17.7 Å². The number of nitrogens with one attached hydrogen (secondary N) is 1. The van der Waals surface area contributed by atoms with Crippen molar-refractivity contribution in [2.75, 3.05) is 25.9 Å². The van der Waals surface area contributed by atoms with Gasteiger partial charge in [0.25, 0.3) is 0 Å². The van der Waals surface area contributed by atoms with Crippen molar-refractivity contribution in [1.29, 1.82) is 0 Å². The Bertz CT molecular complexity index is 343. The third-order valence-electron chi connectivity index (χ3n) is 3.00. The van der Waals surface area contributed by atoms with Crippen LogP contribution in [-0.4, -0.2) is 60.1 Å². The molecule has 0 aliphatic rings. The highest BCUT2D eigenvalue weighted by Gasteiger charge is 2.42. The lowest BCUT2D eigenvalue weighted by Crippen LogP contribution is -2.52. The lowest BCUT2D eigenvalue weighted by molar-refractivity contribution is -0.140. The van der Waals surface area contributed by atoms with Gasteiger partial charge in [-0.15, -0.1) is 0 Å². The topological polar surface area (TPSA) is 75.0 Å². The third kappa shape index (κ3) is 13.9. The van der Waals surface area contributed by atoms with Crippen LogP contribution in [0.2, 0.25) is 58.4 Å². The van der Waals surface area contributed by atoms with Crippen LogP contribution in [0.15, 0.2) is 0 Å². The van der Waals surface area contributed by atoms with Gasteiger partial charge in [-0.3, -0.25) is 9.15 Å². The van der Waals surface area contributed by atoms with Crippen LogP contribution in [0.25, 0.3) is 0 Å². The van der Waals surface area contributed by atoms with Gasteiger partial charge in [0, 0.05) is 19.3 Å². The minimum Gasteiger partial charge on any atom is -0.413 e. The molecule has 0 saturated heterocycles. The van der Waals surface area contributed by atoms with Crippen LogP contribution in [0.3, 0.4) is 0 Å². The molecule has 0 aromatic heterocycles. The van der Waals surface area contributed by atoms with Gasteiger partial charge in [-0.1, -0.05) is 13.1 Å². The molecule has 146 valence electrons. The van der Waals surface area contributed by atoms with E-state index in [1.165, 1.54) is 0 Å². The molecule has 10 heteroatoms. The molecule has 0 aromatic rings. The Hall–Kier alpha value is 0.628. The first-order valence-electron chi connectivity index (χ1n) is 9.01. The normalized spacial score (nSPS) is 15.8. The molecular weight excluding hydrogens is 373 g/mol. The Morgan fingerprint density at radius 1 is 0.958 bits per heavy atom. The van der Waals surface area contributed by atoms with Gasteiger partial charge < -0.3 is 19.6 Å². The molecule has 0 saturated carbocycles. The molecule has 0 aliphatic heterocycles. The summed E-state index contributed by atoms with van der Waals surface area (Å²) in [6, 6.07) is 0.883. The zero-order valence-electron chi connectivity index (χ0n) is 17.0. The second-order valence-electron chi connectivity index (χ2n) is 8.26. The monoisotopic (exact) mass is 412 g/mol. The average Bonchev–Trinajstić information content (AvgIpc) is 2.42. The van der Waals surface area contributed by atoms with E-state index in [-0.39, 0.29) is 0 Å². The first kappa shape index (κ1) is 24.6. The maximum atomic E-state index is 6.48. The van der Waals surface area contributed by atoms with Gasteiger partial charge in [0.1, 0.15) is 0 Å². The fourth-order valence-electron chi connectivity index (χ4n) is 2.00. The van der Waals surface area contributed by atoms with Crippen molar-refractivity contribution in [3.63, 3.8) is 0 Å². The molecule has 0 fully saturated rings. The van der Waals surface area contributed by atoms with Crippen LogP contribution < -0.4 is 11.1 Å². The van der Waals surface area contributed by atoms with Gasteiger partial charge in [0.05, 0.1) is 8.80 Å². The van der Waals surface area contributed by atoms with E-state index in [0.29, 0.717) is 6.54 Å². The Kier molecular flexibility index (Phi) is 11.7. The largest absolute Gasteiger partial charge is 0.413 e. The van der Waals surface area contributed by atoms with Crippen LogP contribution in [0.1, 0.15) is 6.42 Å². The summed E-state index contributed by atoms with van der Waals surface area (Å²) < 4.78 is 24.3. The molecule has 6 nitrogen and oxygen atoms in total. The molecule has 0 bridgehead atoms. The van der Waals surface area contributed by atoms with Gasteiger partial charge in [-0.2, -0.15) is 0 Å². The second kappa shape index (κ2) is 11.4. The first-order chi connectivity index (χ1) is 10.9. The van der Waals surface area contributed by atoms with E-state index in [0.717, 1.165) is 31.8 Å². The van der Waals surface area contributed by atoms with E-state index in [2.05, 4.69) is 57.7 Å². The fourth-order valence-corrected chi connectivity index (χ4v) is 12.5. The second-order valence-corrected chi connectivity index (χ2v) is 22.6. The van der Waals surface area contributed by atoms with Crippen molar-refractivity contribution >= 4 is 34.2 Å². The molecule has 0 aliphatic carbocycles. The van der Waals surface area contributed by atoms with Crippen molar-refractivity contribution in [2.45, 2.75) is 64.8 Å². The van der Waals surface area contributed by atoms with Crippen LogP contribution in [0.4, 0.5) is 0 Å². The van der Waals surface area contributed by atoms with Crippen LogP contribution in [0, 0.1) is 0 Å². The number of nitrogens with two attached hydrogens (primary N) is 1. The zero-order valence-corrected chi connectivity index (χ0v) is 21.2. The van der Waals surface area contributed by atoms with E-state index in [4.69, 9.17) is 23.4 Å². The molecule has 0 heterocycles. The lowest BCUT2D eigenvalue weighted by atomic mass is 10.5. The number of hydrogen-bond acceptors (Lipinski definition) is 6. The minimum atomic E-state index is -2.43. The zero-order chi connectivity index (χ0) is 18.9. The highest BCUT2D eigenvalue weighted by atomic mass is 28.5. The standard InChI is InChI=1S/C14H40N2O4Si4/c1-21(2)14-17-23(6,7)20-24(8,19-18-22(3,4)5)13-9-11-16-12-10-15/h16,21H,9-15H2,1-8H3. The van der Waals surface area contributed by atoms with Gasteiger partial charge in [-0.05, 0) is 58.3 Å². The van der Waals surface area contributed by atoms with E-state index in [9.17, 15) is 0 Å². The molecule has 24 heavy (non-hydrogen) atoms. The molecule has 0 radical (unpaired) electrons. The van der Waals surface area contributed by atoms with Crippen LogP contribution in [0.5, 0.6) is 0 Å². The molecule has 0 rings (SSSR count). The highest BCUT2D eigenvalue weighted by molar-refractivity contribution is 6.80. The summed E-state index contributed by atoms with van der Waals surface area (Å²) in [5.74, 6) is 0. The van der Waals surface area contributed by atoms with Crippen molar-refractivity contribution in [2.24, 2.45) is 5.73 Å². The van der Waals surface area contributed by atoms with Crippen molar-refractivity contribution in [3.8, 4) is 0 Å². The summed E-state index contributed by atoms with van der Waals surface area (Å²) in [4.78, 5) is 0. The molecule has 0 aromatic carbocycles. The highest BCUT2D eigenvalue weighted by Crippen LogP contribution is 2.24. The van der Waals surface area contributed by atoms with Gasteiger partial charge >= 0.3 is 17.1 Å². The minimum absolute atomic E-state index is 0.660. The van der Waals surface area contributed by atoms with Crippen LogP contribution in [-0.2, 0) is 17.7 Å². The fraction of sp³-hybridized carbons (Fsp3) is 1.00. The van der Waals surface area contributed by atoms with E-state index in [1.807, 2.05) is 0 Å². The summed E-state index contributed by atoms with van der Waals surface area (Å²) in [6.45, 7) is 19.7. The van der Waals surface area contributed by atoms with Crippen molar-refractivity contribution in [3.05, 3.63) is 0 Å². The van der Waals surface area contributed by atoms with E-state index < -0.39 is 34.2 Å². The quantitative estimate of drug-likeness (QED) is 0.198. The Morgan fingerprint density at radius 2 is 1.58 bits per heavy atom. The first-order valence-corrected chi connectivity index (χ1v) is 20.9. The molecular formula is C14H40N2O4Si4. The molecule has 1 unspecified atom stereocenters. The summed E-state index contributed by atoms with van der Waals surface area (Å²) in [5, 5.41) is 3.32. The number of hydrogen-bond donors (Lipinski definition) is 2. The van der Waals surface area contributed by atoms with Gasteiger partial charge in [0.15, 0.2) is 0 Å². The SMILES string of the molecule is C[SiH](C)CO[Si](C)(C)O[Si](C)(CCCNCCN)OO[Si](C)(C)C. The molecule has 0 spiro atoms. The third-order valence-corrected chi connectivity index (χ3v) is 11.2. The average molecular weight is 413 g/mol. The maximum Gasteiger partial charge on any atom is 0.362 e. The maximum absolute atomic E-state index is 6.48. The van der Waals surface area contributed by atoms with Crippen LogP contribution >= 0.6 is 0 Å². The Labute approximate surface area is 153 Å². The summed E-state index contributed by atoms with van der Waals surface area (Å²) in [6.07, 6.45) is 1.85. The Balaban J connectivity index is 4.70. The summed E-state index contributed by atoms with van der Waals surface area (Å²) in [5.41, 5.74) is 5.51. The smallest absolute Gasteiger partial charge is 0.362 e. The van der Waals surface area contributed by atoms with E-state index >= 15 is 0 Å². The molecule has 3 N–H and O–H groups in total. The molecule has 1 atom stereocenters. The Morgan fingerprint density at radius 3 is 2.08 bits per heavy atom. The van der Waals surface area contributed by atoms with Gasteiger partial charge in [0.2, 0.25) is 8.32 Å². The summed E-state index contributed by atoms with van der Waals surface area (Å²) >= 11 is 0. The van der Waals surface area contributed by atoms with Gasteiger partial charge in [-0.25, -0.2) is 0 Å². The summed E-state index contributed by atoms with van der Waals surface area (Å²) in [7, 11) is -7.15. The van der Waals surface area contributed by atoms with Crippen molar-refractivity contribution in [1.82, 2.24) is 5.32 Å². The predicted octanol–water partition coefficient (Wildman–Crippen LogP) is 2.54. The van der Waals surface area contributed by atoms with E-state index in [1.54, 1.807) is 0 Å².